The van der Waals surface area contributed by atoms with Gasteiger partial charge in [0, 0.05) is 24.1 Å². The van der Waals surface area contributed by atoms with Crippen LogP contribution in [-0.2, 0) is 4.74 Å². The Labute approximate surface area is 111 Å². The van der Waals surface area contributed by atoms with Gasteiger partial charge in [0.15, 0.2) is 0 Å². The van der Waals surface area contributed by atoms with E-state index in [0.29, 0.717) is 18.1 Å². The van der Waals surface area contributed by atoms with Crippen LogP contribution in [-0.4, -0.2) is 36.2 Å². The molecule has 1 heterocycles. The molecule has 0 spiro atoms. The summed E-state index contributed by atoms with van der Waals surface area (Å²) in [6, 6.07) is 6.05. The maximum atomic E-state index is 12.0. The first-order valence-corrected chi connectivity index (χ1v) is 6.30. The maximum absolute atomic E-state index is 12.0. The number of ether oxygens (including phenoxy) is 1. The van der Waals surface area contributed by atoms with Crippen molar-refractivity contribution in [1.29, 1.82) is 0 Å². The second-order valence-corrected chi connectivity index (χ2v) is 4.77. The Morgan fingerprint density at radius 3 is 2.79 bits per heavy atom. The Morgan fingerprint density at radius 2 is 2.16 bits per heavy atom. The van der Waals surface area contributed by atoms with E-state index in [1.807, 2.05) is 6.92 Å². The number of hydrogen-bond donors (Lipinski definition) is 2. The lowest BCUT2D eigenvalue weighted by Gasteiger charge is -2.19. The third-order valence-corrected chi connectivity index (χ3v) is 3.40. The number of amides is 1. The Hall–Kier alpha value is -1.88. The van der Waals surface area contributed by atoms with E-state index < -0.39 is 5.97 Å². The number of nitrogens with one attached hydrogen (secondary N) is 1. The molecule has 0 unspecified atom stereocenters. The molecule has 2 rings (SSSR count). The largest absolute Gasteiger partial charge is 0.478 e. The molecule has 1 aliphatic rings. The Bertz CT molecular complexity index is 480. The summed E-state index contributed by atoms with van der Waals surface area (Å²) < 4.78 is 5.29. The van der Waals surface area contributed by atoms with Crippen molar-refractivity contribution in [1.82, 2.24) is 5.32 Å². The van der Waals surface area contributed by atoms with Gasteiger partial charge < -0.3 is 15.2 Å². The molecule has 0 saturated carbocycles. The van der Waals surface area contributed by atoms with E-state index in [0.717, 1.165) is 13.0 Å². The predicted molar refractivity (Wildman–Crippen MR) is 69.3 cm³/mol. The van der Waals surface area contributed by atoms with Gasteiger partial charge in [-0.05, 0) is 31.5 Å². The van der Waals surface area contributed by atoms with Crippen LogP contribution in [0.2, 0.25) is 0 Å². The Morgan fingerprint density at radius 1 is 1.42 bits per heavy atom. The summed E-state index contributed by atoms with van der Waals surface area (Å²) in [4.78, 5) is 22.9. The van der Waals surface area contributed by atoms with Gasteiger partial charge >= 0.3 is 5.97 Å². The summed E-state index contributed by atoms with van der Waals surface area (Å²) in [7, 11) is 0. The van der Waals surface area contributed by atoms with Crippen molar-refractivity contribution in [2.24, 2.45) is 5.92 Å². The van der Waals surface area contributed by atoms with Crippen molar-refractivity contribution in [2.75, 3.05) is 13.2 Å². The maximum Gasteiger partial charge on any atom is 0.335 e. The van der Waals surface area contributed by atoms with Gasteiger partial charge in [-0.2, -0.15) is 0 Å². The minimum absolute atomic E-state index is 0.0171. The summed E-state index contributed by atoms with van der Waals surface area (Å²) in [5.41, 5.74) is 0.482. The van der Waals surface area contributed by atoms with Crippen molar-refractivity contribution in [3.8, 4) is 0 Å². The van der Waals surface area contributed by atoms with Crippen LogP contribution in [0.5, 0.6) is 0 Å². The van der Waals surface area contributed by atoms with Gasteiger partial charge in [-0.3, -0.25) is 4.79 Å². The average Bonchev–Trinajstić information content (AvgIpc) is 2.92. The standard InChI is InChI=1S/C14H17NO4/c1-9(12-5-6-19-8-12)15-13(16)10-3-2-4-11(7-10)14(17)18/h2-4,7,9,12H,5-6,8H2,1H3,(H,15,16)(H,17,18)/t9-,12+/m0/s1. The number of carboxylic acids is 1. The molecule has 102 valence electrons. The SMILES string of the molecule is C[C@H](NC(=O)c1cccc(C(=O)O)c1)[C@@H]1CCOC1. The molecule has 0 aromatic heterocycles. The van der Waals surface area contributed by atoms with Crippen LogP contribution in [0.15, 0.2) is 24.3 Å². The summed E-state index contributed by atoms with van der Waals surface area (Å²) in [5, 5.41) is 11.8. The molecule has 1 amide bonds. The molecule has 5 nitrogen and oxygen atoms in total. The molecule has 0 radical (unpaired) electrons. The fourth-order valence-electron chi connectivity index (χ4n) is 2.15. The minimum atomic E-state index is -1.04. The van der Waals surface area contributed by atoms with E-state index in [1.165, 1.54) is 12.1 Å². The summed E-state index contributed by atoms with van der Waals surface area (Å²) in [6.07, 6.45) is 0.941. The average molecular weight is 263 g/mol. The fourth-order valence-corrected chi connectivity index (χ4v) is 2.15. The normalized spacial score (nSPS) is 19.9. The molecule has 1 fully saturated rings. The van der Waals surface area contributed by atoms with Crippen LogP contribution in [0.1, 0.15) is 34.1 Å². The van der Waals surface area contributed by atoms with E-state index in [9.17, 15) is 9.59 Å². The number of carboxylic acid groups (broad SMARTS) is 1. The zero-order valence-electron chi connectivity index (χ0n) is 10.8. The third kappa shape index (κ3) is 3.32. The Kier molecular flexibility index (Phi) is 4.16. The molecule has 1 aliphatic heterocycles. The number of hydrogen-bond acceptors (Lipinski definition) is 3. The lowest BCUT2D eigenvalue weighted by molar-refractivity contribution is 0.0697. The van der Waals surface area contributed by atoms with E-state index >= 15 is 0 Å². The molecule has 1 aromatic rings. The molecular weight excluding hydrogens is 246 g/mol. The van der Waals surface area contributed by atoms with Crippen molar-refractivity contribution in [3.63, 3.8) is 0 Å². The monoisotopic (exact) mass is 263 g/mol. The zero-order chi connectivity index (χ0) is 13.8. The molecule has 1 aromatic carbocycles. The first-order valence-electron chi connectivity index (χ1n) is 6.30. The fraction of sp³-hybridized carbons (Fsp3) is 0.429. The van der Waals surface area contributed by atoms with Crippen LogP contribution >= 0.6 is 0 Å². The zero-order valence-corrected chi connectivity index (χ0v) is 10.8. The van der Waals surface area contributed by atoms with Gasteiger partial charge in [0.1, 0.15) is 0 Å². The van der Waals surface area contributed by atoms with E-state index in [2.05, 4.69) is 5.32 Å². The van der Waals surface area contributed by atoms with Gasteiger partial charge in [-0.25, -0.2) is 4.79 Å². The molecule has 2 N–H and O–H groups in total. The van der Waals surface area contributed by atoms with Gasteiger partial charge in [-0.15, -0.1) is 0 Å². The number of aromatic carboxylic acids is 1. The molecule has 0 aliphatic carbocycles. The highest BCUT2D eigenvalue weighted by molar-refractivity contribution is 5.97. The second-order valence-electron chi connectivity index (χ2n) is 4.77. The minimum Gasteiger partial charge on any atom is -0.478 e. The highest BCUT2D eigenvalue weighted by atomic mass is 16.5. The van der Waals surface area contributed by atoms with Crippen LogP contribution in [0.25, 0.3) is 0 Å². The lowest BCUT2D eigenvalue weighted by atomic mass is 10.00. The highest BCUT2D eigenvalue weighted by Crippen LogP contribution is 2.17. The first kappa shape index (κ1) is 13.5. The lowest BCUT2D eigenvalue weighted by Crippen LogP contribution is -2.38. The topological polar surface area (TPSA) is 75.6 Å². The van der Waals surface area contributed by atoms with E-state index in [4.69, 9.17) is 9.84 Å². The van der Waals surface area contributed by atoms with Crippen LogP contribution in [0, 0.1) is 5.92 Å². The summed E-state index contributed by atoms with van der Waals surface area (Å²) in [5.74, 6) is -0.957. The molecule has 2 atom stereocenters. The van der Waals surface area contributed by atoms with Crippen LogP contribution in [0.4, 0.5) is 0 Å². The van der Waals surface area contributed by atoms with Crippen LogP contribution < -0.4 is 5.32 Å². The summed E-state index contributed by atoms with van der Waals surface area (Å²) >= 11 is 0. The third-order valence-electron chi connectivity index (χ3n) is 3.40. The molecule has 1 saturated heterocycles. The van der Waals surface area contributed by atoms with Gasteiger partial charge in [0.05, 0.1) is 12.2 Å². The van der Waals surface area contributed by atoms with Crippen molar-refractivity contribution >= 4 is 11.9 Å². The number of carbonyl (C=O) groups is 2. The predicted octanol–water partition coefficient (Wildman–Crippen LogP) is 1.54. The number of benzene rings is 1. The molecule has 0 bridgehead atoms. The number of carbonyl (C=O) groups excluding carboxylic acids is 1. The number of rotatable bonds is 4. The van der Waals surface area contributed by atoms with Crippen molar-refractivity contribution < 1.29 is 19.4 Å². The van der Waals surface area contributed by atoms with Crippen LogP contribution in [0.3, 0.4) is 0 Å². The van der Waals surface area contributed by atoms with E-state index in [-0.39, 0.29) is 17.5 Å². The molecule has 5 heteroatoms. The quantitative estimate of drug-likeness (QED) is 0.864. The first-order chi connectivity index (χ1) is 9.08. The molecular formula is C14H17NO4. The van der Waals surface area contributed by atoms with Crippen molar-refractivity contribution in [3.05, 3.63) is 35.4 Å². The van der Waals surface area contributed by atoms with Gasteiger partial charge in [0.2, 0.25) is 0 Å². The van der Waals surface area contributed by atoms with E-state index in [1.54, 1.807) is 12.1 Å². The van der Waals surface area contributed by atoms with Crippen molar-refractivity contribution in [2.45, 2.75) is 19.4 Å². The summed E-state index contributed by atoms with van der Waals surface area (Å²) in [6.45, 7) is 3.34. The highest BCUT2D eigenvalue weighted by Gasteiger charge is 2.24. The second kappa shape index (κ2) is 5.84. The smallest absolute Gasteiger partial charge is 0.335 e. The van der Waals surface area contributed by atoms with Gasteiger partial charge in [0.25, 0.3) is 5.91 Å². The van der Waals surface area contributed by atoms with Gasteiger partial charge in [-0.1, -0.05) is 6.07 Å². The molecule has 19 heavy (non-hydrogen) atoms. The Balaban J connectivity index is 2.02.